The van der Waals surface area contributed by atoms with Crippen molar-refractivity contribution in [3.8, 4) is 0 Å². The van der Waals surface area contributed by atoms with E-state index in [2.05, 4.69) is 43.6 Å². The van der Waals surface area contributed by atoms with Gasteiger partial charge in [-0.25, -0.2) is 0 Å². The summed E-state index contributed by atoms with van der Waals surface area (Å²) < 4.78 is 5.94. The maximum absolute atomic E-state index is 12.4. The van der Waals surface area contributed by atoms with Gasteiger partial charge in [0.05, 0.1) is 5.60 Å². The minimum absolute atomic E-state index is 0.00874. The van der Waals surface area contributed by atoms with Gasteiger partial charge >= 0.3 is 0 Å². The molecule has 0 atom stereocenters. The van der Waals surface area contributed by atoms with Crippen molar-refractivity contribution < 1.29 is 14.3 Å². The second kappa shape index (κ2) is 12.3. The summed E-state index contributed by atoms with van der Waals surface area (Å²) >= 11 is 0. The van der Waals surface area contributed by atoms with Crippen molar-refractivity contribution in [2.75, 3.05) is 33.3 Å². The Hall–Kier alpha value is -1.14. The molecule has 0 unspecified atom stereocenters. The third-order valence-corrected chi connectivity index (χ3v) is 4.49. The van der Waals surface area contributed by atoms with Gasteiger partial charge in [0.2, 0.25) is 11.8 Å². The summed E-state index contributed by atoms with van der Waals surface area (Å²) in [5, 5.41) is 8.87. The smallest absolute Gasteiger partial charge is 0.225 e. The first-order valence-electron chi connectivity index (χ1n) is 9.84. The molecule has 0 aromatic rings. The molecule has 0 aliphatic rings. The Labute approximate surface area is 160 Å². The third kappa shape index (κ3) is 12.3. The average Bonchev–Trinajstić information content (AvgIpc) is 2.54. The van der Waals surface area contributed by atoms with Crippen molar-refractivity contribution in [2.45, 2.75) is 72.8 Å². The van der Waals surface area contributed by atoms with Crippen LogP contribution in [-0.4, -0.2) is 50.7 Å². The van der Waals surface area contributed by atoms with Crippen LogP contribution in [0.1, 0.15) is 67.2 Å². The molecule has 0 spiro atoms. The molecule has 0 aliphatic carbocycles. The van der Waals surface area contributed by atoms with Crippen molar-refractivity contribution in [3.63, 3.8) is 0 Å². The van der Waals surface area contributed by atoms with E-state index in [9.17, 15) is 9.59 Å². The van der Waals surface area contributed by atoms with E-state index in [0.29, 0.717) is 38.5 Å². The molecular weight excluding hydrogens is 330 g/mol. The number of carbonyl (C=O) groups is 2. The highest BCUT2D eigenvalue weighted by molar-refractivity contribution is 5.81. The second-order valence-corrected chi connectivity index (χ2v) is 8.63. The monoisotopic (exact) mass is 371 g/mol. The van der Waals surface area contributed by atoms with E-state index >= 15 is 0 Å². The topological polar surface area (TPSA) is 79.5 Å². The molecule has 0 aliphatic heterocycles. The van der Waals surface area contributed by atoms with Gasteiger partial charge in [0.1, 0.15) is 0 Å². The normalized spacial score (nSPS) is 12.3. The van der Waals surface area contributed by atoms with Crippen molar-refractivity contribution in [2.24, 2.45) is 11.3 Å². The van der Waals surface area contributed by atoms with Crippen LogP contribution in [0.5, 0.6) is 0 Å². The zero-order chi connectivity index (χ0) is 20.2. The lowest BCUT2D eigenvalue weighted by atomic mass is 9.88. The molecule has 0 rings (SSSR count). The minimum atomic E-state index is -0.499. The lowest BCUT2D eigenvalue weighted by molar-refractivity contribution is -0.131. The number of hydrogen-bond donors (Lipinski definition) is 3. The van der Waals surface area contributed by atoms with Gasteiger partial charge in [-0.15, -0.1) is 0 Å². The highest BCUT2D eigenvalue weighted by Crippen LogP contribution is 2.23. The number of rotatable bonds is 14. The summed E-state index contributed by atoms with van der Waals surface area (Å²) in [5.41, 5.74) is -0.698. The van der Waals surface area contributed by atoms with Crippen LogP contribution in [-0.2, 0) is 14.3 Å². The molecule has 0 radical (unpaired) electrons. The standard InChI is InChI=1S/C20H41N3O3/c1-16(2)8-9-17(24)22-13-14-23-18(25)19(3,4)11-15-26-20(5,6)10-12-21-7/h16,21H,8-15H2,1-7H3,(H,22,24)(H,23,25). The van der Waals surface area contributed by atoms with Crippen LogP contribution in [0.2, 0.25) is 0 Å². The first kappa shape index (κ1) is 24.9. The number of ether oxygens (including phenoxy) is 1. The zero-order valence-corrected chi connectivity index (χ0v) is 18.0. The Morgan fingerprint density at radius 3 is 2.15 bits per heavy atom. The molecule has 0 aromatic carbocycles. The molecule has 0 saturated carbocycles. The van der Waals surface area contributed by atoms with E-state index in [4.69, 9.17) is 4.74 Å². The predicted octanol–water partition coefficient (Wildman–Crippen LogP) is 2.48. The maximum Gasteiger partial charge on any atom is 0.225 e. The zero-order valence-electron chi connectivity index (χ0n) is 18.0. The van der Waals surface area contributed by atoms with Crippen molar-refractivity contribution in [1.29, 1.82) is 0 Å². The van der Waals surface area contributed by atoms with Gasteiger partial charge in [-0.3, -0.25) is 9.59 Å². The van der Waals surface area contributed by atoms with Crippen LogP contribution < -0.4 is 16.0 Å². The van der Waals surface area contributed by atoms with E-state index in [-0.39, 0.29) is 17.4 Å². The van der Waals surface area contributed by atoms with Crippen LogP contribution in [0.3, 0.4) is 0 Å². The van der Waals surface area contributed by atoms with E-state index in [1.807, 2.05) is 20.9 Å². The van der Waals surface area contributed by atoms with E-state index in [1.165, 1.54) is 0 Å². The molecule has 0 heterocycles. The summed E-state index contributed by atoms with van der Waals surface area (Å²) in [7, 11) is 1.93. The number of hydrogen-bond acceptors (Lipinski definition) is 4. The molecule has 3 N–H and O–H groups in total. The Balaban J connectivity index is 4.03. The summed E-state index contributed by atoms with van der Waals surface area (Å²) in [4.78, 5) is 24.0. The highest BCUT2D eigenvalue weighted by Gasteiger charge is 2.28. The number of nitrogens with one attached hydrogen (secondary N) is 3. The maximum atomic E-state index is 12.4. The van der Waals surface area contributed by atoms with E-state index in [0.717, 1.165) is 19.4 Å². The molecule has 154 valence electrons. The quantitative estimate of drug-likeness (QED) is 0.410. The van der Waals surface area contributed by atoms with E-state index < -0.39 is 5.41 Å². The van der Waals surface area contributed by atoms with Gasteiger partial charge in [-0.1, -0.05) is 27.7 Å². The minimum Gasteiger partial charge on any atom is -0.375 e. The molecule has 6 nitrogen and oxygen atoms in total. The number of carbonyl (C=O) groups excluding carboxylic acids is 2. The second-order valence-electron chi connectivity index (χ2n) is 8.63. The van der Waals surface area contributed by atoms with E-state index in [1.54, 1.807) is 0 Å². The van der Waals surface area contributed by atoms with Crippen LogP contribution in [0.4, 0.5) is 0 Å². The molecular formula is C20H41N3O3. The molecule has 6 heteroatoms. The first-order chi connectivity index (χ1) is 12.0. The summed E-state index contributed by atoms with van der Waals surface area (Å²) in [6, 6.07) is 0. The van der Waals surface area contributed by atoms with Gasteiger partial charge in [0.15, 0.2) is 0 Å². The van der Waals surface area contributed by atoms with Gasteiger partial charge < -0.3 is 20.7 Å². The first-order valence-corrected chi connectivity index (χ1v) is 9.84. The Kier molecular flexibility index (Phi) is 11.7. The Bertz CT molecular complexity index is 421. The molecule has 0 bridgehead atoms. The van der Waals surface area contributed by atoms with Crippen molar-refractivity contribution in [3.05, 3.63) is 0 Å². The Morgan fingerprint density at radius 2 is 1.58 bits per heavy atom. The van der Waals surface area contributed by atoms with Crippen LogP contribution in [0, 0.1) is 11.3 Å². The van der Waals surface area contributed by atoms with Gasteiger partial charge in [0, 0.05) is 31.5 Å². The highest BCUT2D eigenvalue weighted by atomic mass is 16.5. The van der Waals surface area contributed by atoms with Gasteiger partial charge in [-0.2, -0.15) is 0 Å². The fourth-order valence-electron chi connectivity index (χ4n) is 2.32. The van der Waals surface area contributed by atoms with Crippen LogP contribution in [0.15, 0.2) is 0 Å². The largest absolute Gasteiger partial charge is 0.375 e. The average molecular weight is 372 g/mol. The molecule has 2 amide bonds. The summed E-state index contributed by atoms with van der Waals surface area (Å²) in [5.74, 6) is 0.557. The van der Waals surface area contributed by atoms with Crippen molar-refractivity contribution >= 4 is 11.8 Å². The lowest BCUT2D eigenvalue weighted by Crippen LogP contribution is -2.42. The fourth-order valence-corrected chi connectivity index (χ4v) is 2.32. The third-order valence-electron chi connectivity index (χ3n) is 4.49. The lowest BCUT2D eigenvalue weighted by Gasteiger charge is -2.29. The fraction of sp³-hybridized carbons (Fsp3) is 0.900. The summed E-state index contributed by atoms with van der Waals surface area (Å²) in [6.45, 7) is 14.5. The Morgan fingerprint density at radius 1 is 0.962 bits per heavy atom. The van der Waals surface area contributed by atoms with Crippen LogP contribution in [0.25, 0.3) is 0 Å². The van der Waals surface area contributed by atoms with Gasteiger partial charge in [-0.05, 0) is 52.6 Å². The SMILES string of the molecule is CNCCC(C)(C)OCCC(C)(C)C(=O)NCCNC(=O)CCC(C)C. The molecule has 0 fully saturated rings. The molecule has 0 aromatic heterocycles. The van der Waals surface area contributed by atoms with Gasteiger partial charge in [0.25, 0.3) is 0 Å². The van der Waals surface area contributed by atoms with Crippen molar-refractivity contribution in [1.82, 2.24) is 16.0 Å². The number of amides is 2. The molecule has 26 heavy (non-hydrogen) atoms. The predicted molar refractivity (Wildman–Crippen MR) is 107 cm³/mol. The van der Waals surface area contributed by atoms with Crippen LogP contribution >= 0.6 is 0 Å². The summed E-state index contributed by atoms with van der Waals surface area (Å²) in [6.07, 6.45) is 3.00. The molecule has 0 saturated heterocycles.